The van der Waals surface area contributed by atoms with Crippen molar-refractivity contribution in [2.45, 2.75) is 76.9 Å². The summed E-state index contributed by atoms with van der Waals surface area (Å²) in [5.74, 6) is -1.12. The number of carbonyl (C=O) groups excluding carboxylic acids is 3. The SMILES string of the molecule is CN(C(=O)COC(=O)C1CCN(C(=O)OC(C)(C)C)CC1)C1(C#N)CCCCC1. The Morgan fingerprint density at radius 3 is 2.24 bits per heavy atom. The monoisotopic (exact) mass is 407 g/mol. The first-order valence-electron chi connectivity index (χ1n) is 10.4. The van der Waals surface area contributed by atoms with Crippen LogP contribution in [0.5, 0.6) is 0 Å². The molecule has 162 valence electrons. The number of hydrogen-bond donors (Lipinski definition) is 0. The van der Waals surface area contributed by atoms with Gasteiger partial charge in [0.25, 0.3) is 5.91 Å². The van der Waals surface area contributed by atoms with Crippen LogP contribution in [0.3, 0.4) is 0 Å². The molecule has 0 aromatic carbocycles. The minimum atomic E-state index is -0.791. The first-order valence-corrected chi connectivity index (χ1v) is 10.4. The van der Waals surface area contributed by atoms with Crippen molar-refractivity contribution in [1.82, 2.24) is 9.80 Å². The maximum absolute atomic E-state index is 12.5. The third kappa shape index (κ3) is 6.09. The number of amides is 2. The first kappa shape index (κ1) is 23.0. The van der Waals surface area contributed by atoms with Crippen molar-refractivity contribution >= 4 is 18.0 Å². The predicted octanol–water partition coefficient (Wildman–Crippen LogP) is 2.86. The number of carbonyl (C=O) groups is 3. The van der Waals surface area contributed by atoms with Crippen LogP contribution in [-0.2, 0) is 19.1 Å². The number of hydrogen-bond acceptors (Lipinski definition) is 6. The highest BCUT2D eigenvalue weighted by Gasteiger charge is 2.39. The minimum Gasteiger partial charge on any atom is -0.455 e. The zero-order chi connectivity index (χ0) is 21.7. The van der Waals surface area contributed by atoms with Crippen molar-refractivity contribution in [3.05, 3.63) is 0 Å². The van der Waals surface area contributed by atoms with Gasteiger partial charge >= 0.3 is 12.1 Å². The Morgan fingerprint density at radius 1 is 1.14 bits per heavy atom. The quantitative estimate of drug-likeness (QED) is 0.664. The lowest BCUT2D eigenvalue weighted by Gasteiger charge is -2.39. The van der Waals surface area contributed by atoms with E-state index in [4.69, 9.17) is 9.47 Å². The Kier molecular flexibility index (Phi) is 7.50. The molecule has 1 heterocycles. The average Bonchev–Trinajstić information content (AvgIpc) is 2.70. The molecule has 0 atom stereocenters. The van der Waals surface area contributed by atoms with Gasteiger partial charge in [-0.05, 0) is 46.5 Å². The van der Waals surface area contributed by atoms with Crippen molar-refractivity contribution in [3.63, 3.8) is 0 Å². The second-order valence-corrected chi connectivity index (χ2v) is 9.01. The second-order valence-electron chi connectivity index (χ2n) is 9.01. The van der Waals surface area contributed by atoms with Gasteiger partial charge in [-0.25, -0.2) is 4.79 Å². The smallest absolute Gasteiger partial charge is 0.410 e. The van der Waals surface area contributed by atoms with Gasteiger partial charge in [-0.15, -0.1) is 0 Å². The maximum Gasteiger partial charge on any atom is 0.410 e. The van der Waals surface area contributed by atoms with Gasteiger partial charge in [-0.2, -0.15) is 5.26 Å². The van der Waals surface area contributed by atoms with Gasteiger partial charge in [0.1, 0.15) is 11.1 Å². The largest absolute Gasteiger partial charge is 0.455 e. The number of esters is 1. The summed E-state index contributed by atoms with van der Waals surface area (Å²) in [4.78, 5) is 40.0. The molecule has 0 unspecified atom stereocenters. The van der Waals surface area contributed by atoms with E-state index in [-0.39, 0.29) is 24.5 Å². The van der Waals surface area contributed by atoms with Crippen molar-refractivity contribution in [1.29, 1.82) is 5.26 Å². The minimum absolute atomic E-state index is 0.341. The van der Waals surface area contributed by atoms with Crippen LogP contribution in [0.2, 0.25) is 0 Å². The number of likely N-dealkylation sites (tertiary alicyclic amines) is 1. The molecule has 8 nitrogen and oxygen atoms in total. The normalized spacial score (nSPS) is 19.8. The zero-order valence-corrected chi connectivity index (χ0v) is 18.0. The Bertz CT molecular complexity index is 650. The first-order chi connectivity index (χ1) is 13.6. The lowest BCUT2D eigenvalue weighted by atomic mass is 9.81. The molecule has 1 aliphatic heterocycles. The highest BCUT2D eigenvalue weighted by Crippen LogP contribution is 2.32. The Morgan fingerprint density at radius 2 is 1.72 bits per heavy atom. The van der Waals surface area contributed by atoms with Crippen molar-refractivity contribution < 1.29 is 23.9 Å². The van der Waals surface area contributed by atoms with Crippen molar-refractivity contribution in [3.8, 4) is 6.07 Å². The maximum atomic E-state index is 12.5. The van der Waals surface area contributed by atoms with Gasteiger partial charge in [0.05, 0.1) is 12.0 Å². The van der Waals surface area contributed by atoms with Crippen LogP contribution < -0.4 is 0 Å². The van der Waals surface area contributed by atoms with E-state index in [2.05, 4.69) is 6.07 Å². The Labute approximate surface area is 173 Å². The lowest BCUT2D eigenvalue weighted by molar-refractivity contribution is -0.158. The van der Waals surface area contributed by atoms with E-state index in [1.807, 2.05) is 20.8 Å². The van der Waals surface area contributed by atoms with Crippen LogP contribution in [0.1, 0.15) is 65.7 Å². The summed E-state index contributed by atoms with van der Waals surface area (Å²) in [6, 6.07) is 2.30. The molecule has 0 aromatic rings. The molecule has 1 saturated heterocycles. The number of piperidine rings is 1. The fourth-order valence-corrected chi connectivity index (χ4v) is 3.87. The van der Waals surface area contributed by atoms with Gasteiger partial charge < -0.3 is 19.3 Å². The molecule has 0 N–H and O–H groups in total. The number of likely N-dealkylation sites (N-methyl/N-ethyl adjacent to an activating group) is 1. The van der Waals surface area contributed by atoms with E-state index in [0.717, 1.165) is 19.3 Å². The summed E-state index contributed by atoms with van der Waals surface area (Å²) >= 11 is 0. The number of nitriles is 1. The van der Waals surface area contributed by atoms with Gasteiger partial charge in [0.15, 0.2) is 6.61 Å². The van der Waals surface area contributed by atoms with E-state index in [1.54, 1.807) is 11.9 Å². The Hall–Kier alpha value is -2.30. The summed E-state index contributed by atoms with van der Waals surface area (Å²) in [6.07, 6.45) is 4.79. The summed E-state index contributed by atoms with van der Waals surface area (Å²) in [5, 5.41) is 9.59. The number of rotatable bonds is 4. The van der Waals surface area contributed by atoms with Crippen LogP contribution in [-0.4, -0.2) is 65.7 Å². The van der Waals surface area contributed by atoms with Crippen LogP contribution in [0, 0.1) is 17.2 Å². The third-order valence-electron chi connectivity index (χ3n) is 5.72. The van der Waals surface area contributed by atoms with Crippen LogP contribution in [0.4, 0.5) is 4.79 Å². The average molecular weight is 408 g/mol. The molecule has 2 amide bonds. The molecule has 0 aromatic heterocycles. The molecule has 8 heteroatoms. The third-order valence-corrected chi connectivity index (χ3v) is 5.72. The summed E-state index contributed by atoms with van der Waals surface area (Å²) in [5.41, 5.74) is -1.35. The molecular formula is C21H33N3O5. The van der Waals surface area contributed by atoms with E-state index in [1.165, 1.54) is 4.90 Å². The van der Waals surface area contributed by atoms with Crippen molar-refractivity contribution in [2.24, 2.45) is 5.92 Å². The lowest BCUT2D eigenvalue weighted by Crippen LogP contribution is -2.51. The topological polar surface area (TPSA) is 99.9 Å². The van der Waals surface area contributed by atoms with Gasteiger partial charge in [-0.1, -0.05) is 19.3 Å². The van der Waals surface area contributed by atoms with Crippen molar-refractivity contribution in [2.75, 3.05) is 26.7 Å². The number of nitrogens with zero attached hydrogens (tertiary/aromatic N) is 3. The van der Waals surface area contributed by atoms with Crippen LogP contribution in [0.25, 0.3) is 0 Å². The standard InChI is InChI=1S/C21H33N3O5/c1-20(2,3)29-19(27)24-12-8-16(9-13-24)18(26)28-14-17(25)23(4)21(15-22)10-6-5-7-11-21/h16H,5-14H2,1-4H3. The van der Waals surface area contributed by atoms with Crippen LogP contribution in [0.15, 0.2) is 0 Å². The fraction of sp³-hybridized carbons (Fsp3) is 0.810. The predicted molar refractivity (Wildman–Crippen MR) is 106 cm³/mol. The summed E-state index contributed by atoms with van der Waals surface area (Å²) in [6.45, 7) is 5.91. The second kappa shape index (κ2) is 9.47. The highest BCUT2D eigenvalue weighted by molar-refractivity contribution is 5.82. The van der Waals surface area contributed by atoms with Gasteiger partial charge in [0.2, 0.25) is 0 Å². The van der Waals surface area contributed by atoms with E-state index in [0.29, 0.717) is 38.8 Å². The molecule has 1 aliphatic carbocycles. The van der Waals surface area contributed by atoms with Gasteiger partial charge in [0, 0.05) is 20.1 Å². The van der Waals surface area contributed by atoms with Gasteiger partial charge in [-0.3, -0.25) is 9.59 Å². The molecule has 2 rings (SSSR count). The van der Waals surface area contributed by atoms with Crippen LogP contribution >= 0.6 is 0 Å². The Balaban J connectivity index is 1.79. The molecule has 0 radical (unpaired) electrons. The molecule has 29 heavy (non-hydrogen) atoms. The summed E-state index contributed by atoms with van der Waals surface area (Å²) in [7, 11) is 1.62. The molecule has 0 spiro atoms. The molecule has 2 fully saturated rings. The zero-order valence-electron chi connectivity index (χ0n) is 18.0. The molecular weight excluding hydrogens is 374 g/mol. The highest BCUT2D eigenvalue weighted by atomic mass is 16.6. The van der Waals surface area contributed by atoms with E-state index < -0.39 is 17.1 Å². The number of ether oxygens (including phenoxy) is 2. The molecule has 2 aliphatic rings. The van der Waals surface area contributed by atoms with E-state index >= 15 is 0 Å². The summed E-state index contributed by atoms with van der Waals surface area (Å²) < 4.78 is 10.6. The molecule has 0 bridgehead atoms. The molecule has 1 saturated carbocycles. The fourth-order valence-electron chi connectivity index (χ4n) is 3.87. The van der Waals surface area contributed by atoms with E-state index in [9.17, 15) is 19.6 Å².